The van der Waals surface area contributed by atoms with Gasteiger partial charge in [0.1, 0.15) is 0 Å². The van der Waals surface area contributed by atoms with Gasteiger partial charge in [-0.3, -0.25) is 9.52 Å². The second-order valence-corrected chi connectivity index (χ2v) is 11.2. The molecule has 36 heavy (non-hydrogen) atoms. The van der Waals surface area contributed by atoms with Crippen LogP contribution in [0.5, 0.6) is 0 Å². The molecule has 1 amide bonds. The standard InChI is InChI=1S/C28H25ClN2O3S2/c1-20-26(29)8-5-9-27(20)31-36(33,34)25-16-14-24(15-17-25)30-28(32)23-12-10-22(11-13-23)19-35-18-21-6-3-2-4-7-21/h2-17,31H,18-19H2,1H3,(H,30,32). The van der Waals surface area contributed by atoms with Gasteiger partial charge >= 0.3 is 0 Å². The molecular formula is C28H25ClN2O3S2. The Morgan fingerprint density at radius 1 is 0.806 bits per heavy atom. The minimum atomic E-state index is -3.80. The Morgan fingerprint density at radius 3 is 2.11 bits per heavy atom. The quantitative estimate of drug-likeness (QED) is 0.238. The number of nitrogens with one attached hydrogen (secondary N) is 2. The molecule has 4 aromatic carbocycles. The predicted octanol–water partition coefficient (Wildman–Crippen LogP) is 7.13. The van der Waals surface area contributed by atoms with Gasteiger partial charge < -0.3 is 5.32 Å². The lowest BCUT2D eigenvalue weighted by molar-refractivity contribution is 0.102. The first-order chi connectivity index (χ1) is 17.3. The Morgan fingerprint density at radius 2 is 1.44 bits per heavy atom. The molecule has 0 unspecified atom stereocenters. The fourth-order valence-corrected chi connectivity index (χ4v) is 5.71. The summed E-state index contributed by atoms with van der Waals surface area (Å²) in [4.78, 5) is 12.7. The van der Waals surface area contributed by atoms with Crippen LogP contribution in [0.15, 0.2) is 102 Å². The molecule has 0 saturated heterocycles. The molecule has 4 rings (SSSR count). The zero-order chi connectivity index (χ0) is 25.5. The number of carbonyl (C=O) groups excluding carboxylic acids is 1. The molecule has 0 radical (unpaired) electrons. The molecule has 0 bridgehead atoms. The molecule has 5 nitrogen and oxygen atoms in total. The van der Waals surface area contributed by atoms with E-state index in [0.29, 0.717) is 27.5 Å². The fourth-order valence-electron chi connectivity index (χ4n) is 3.46. The monoisotopic (exact) mass is 536 g/mol. The Hall–Kier alpha value is -3.26. The first kappa shape index (κ1) is 25.8. The minimum absolute atomic E-state index is 0.0808. The number of benzene rings is 4. The van der Waals surface area contributed by atoms with Gasteiger partial charge in [-0.05, 0) is 72.1 Å². The maximum atomic E-state index is 12.8. The van der Waals surface area contributed by atoms with E-state index in [0.717, 1.165) is 17.1 Å². The number of hydrogen-bond donors (Lipinski definition) is 2. The second-order valence-electron chi connectivity index (χ2n) is 8.17. The van der Waals surface area contributed by atoms with Gasteiger partial charge in [0.15, 0.2) is 0 Å². The normalized spacial score (nSPS) is 11.2. The summed E-state index contributed by atoms with van der Waals surface area (Å²) in [5.74, 6) is 1.53. The van der Waals surface area contributed by atoms with E-state index in [1.807, 2.05) is 42.1 Å². The molecule has 0 fully saturated rings. The van der Waals surface area contributed by atoms with Crippen molar-refractivity contribution in [1.29, 1.82) is 0 Å². The maximum Gasteiger partial charge on any atom is 0.261 e. The van der Waals surface area contributed by atoms with Crippen molar-refractivity contribution < 1.29 is 13.2 Å². The van der Waals surface area contributed by atoms with Crippen LogP contribution in [0.3, 0.4) is 0 Å². The highest BCUT2D eigenvalue weighted by atomic mass is 35.5. The van der Waals surface area contributed by atoms with Crippen LogP contribution < -0.4 is 10.0 Å². The zero-order valence-electron chi connectivity index (χ0n) is 19.6. The largest absolute Gasteiger partial charge is 0.322 e. The number of hydrogen-bond acceptors (Lipinski definition) is 4. The first-order valence-electron chi connectivity index (χ1n) is 11.2. The van der Waals surface area contributed by atoms with Crippen LogP contribution in [-0.4, -0.2) is 14.3 Å². The SMILES string of the molecule is Cc1c(Cl)cccc1NS(=O)(=O)c1ccc(NC(=O)c2ccc(CSCc3ccccc3)cc2)cc1. The molecule has 0 aliphatic rings. The van der Waals surface area contributed by atoms with Crippen LogP contribution in [0.1, 0.15) is 27.0 Å². The van der Waals surface area contributed by atoms with Gasteiger partial charge in [-0.2, -0.15) is 11.8 Å². The molecule has 0 saturated carbocycles. The summed E-state index contributed by atoms with van der Waals surface area (Å²) in [6, 6.07) is 28.9. The number of amides is 1. The number of anilines is 2. The molecule has 0 aliphatic carbocycles. The lowest BCUT2D eigenvalue weighted by atomic mass is 10.1. The predicted molar refractivity (Wildman–Crippen MR) is 149 cm³/mol. The maximum absolute atomic E-state index is 12.8. The van der Waals surface area contributed by atoms with Crippen molar-refractivity contribution in [1.82, 2.24) is 0 Å². The lowest BCUT2D eigenvalue weighted by Crippen LogP contribution is -2.15. The minimum Gasteiger partial charge on any atom is -0.322 e. The molecule has 4 aromatic rings. The summed E-state index contributed by atoms with van der Waals surface area (Å²) in [6.45, 7) is 1.74. The van der Waals surface area contributed by atoms with Gasteiger partial charge in [0.05, 0.1) is 10.6 Å². The van der Waals surface area contributed by atoms with E-state index in [1.54, 1.807) is 49.4 Å². The Labute approximate surface area is 221 Å². The van der Waals surface area contributed by atoms with E-state index in [-0.39, 0.29) is 10.8 Å². The Kier molecular flexibility index (Phi) is 8.36. The van der Waals surface area contributed by atoms with Crippen molar-refractivity contribution in [2.75, 3.05) is 10.0 Å². The number of thioether (sulfide) groups is 1. The summed E-state index contributed by atoms with van der Waals surface area (Å²) in [7, 11) is -3.80. The van der Waals surface area contributed by atoms with E-state index < -0.39 is 10.0 Å². The Balaban J connectivity index is 1.33. The van der Waals surface area contributed by atoms with E-state index in [4.69, 9.17) is 11.6 Å². The van der Waals surface area contributed by atoms with Gasteiger partial charge in [-0.1, -0.05) is 60.1 Å². The van der Waals surface area contributed by atoms with Crippen LogP contribution in [-0.2, 0) is 21.5 Å². The number of halogens is 1. The topological polar surface area (TPSA) is 75.3 Å². The molecule has 0 spiro atoms. The van der Waals surface area contributed by atoms with Crippen molar-refractivity contribution in [3.05, 3.63) is 124 Å². The summed E-state index contributed by atoms with van der Waals surface area (Å²) >= 11 is 7.91. The van der Waals surface area contributed by atoms with Crippen LogP contribution >= 0.6 is 23.4 Å². The van der Waals surface area contributed by atoms with E-state index >= 15 is 0 Å². The molecule has 2 N–H and O–H groups in total. The average molecular weight is 537 g/mol. The van der Waals surface area contributed by atoms with E-state index in [9.17, 15) is 13.2 Å². The number of rotatable bonds is 9. The summed E-state index contributed by atoms with van der Waals surface area (Å²) < 4.78 is 28.1. The third-order valence-corrected chi connectivity index (χ3v) is 8.40. The van der Waals surface area contributed by atoms with E-state index in [1.165, 1.54) is 17.7 Å². The van der Waals surface area contributed by atoms with Crippen molar-refractivity contribution in [2.24, 2.45) is 0 Å². The molecule has 0 atom stereocenters. The molecular weight excluding hydrogens is 512 g/mol. The number of sulfonamides is 1. The highest BCUT2D eigenvalue weighted by molar-refractivity contribution is 7.97. The van der Waals surface area contributed by atoms with Gasteiger partial charge in [0, 0.05) is 27.8 Å². The lowest BCUT2D eigenvalue weighted by Gasteiger charge is -2.12. The van der Waals surface area contributed by atoms with Crippen molar-refractivity contribution in [3.63, 3.8) is 0 Å². The van der Waals surface area contributed by atoms with Crippen LogP contribution in [0.25, 0.3) is 0 Å². The highest BCUT2D eigenvalue weighted by Gasteiger charge is 2.16. The zero-order valence-corrected chi connectivity index (χ0v) is 22.0. The number of carbonyl (C=O) groups is 1. The summed E-state index contributed by atoms with van der Waals surface area (Å²) in [5, 5.41) is 3.29. The summed E-state index contributed by atoms with van der Waals surface area (Å²) in [6.07, 6.45) is 0. The molecule has 184 valence electrons. The average Bonchev–Trinajstić information content (AvgIpc) is 2.88. The first-order valence-corrected chi connectivity index (χ1v) is 14.2. The smallest absolute Gasteiger partial charge is 0.261 e. The van der Waals surface area contributed by atoms with Crippen molar-refractivity contribution >= 4 is 50.7 Å². The fraction of sp³-hybridized carbons (Fsp3) is 0.107. The molecule has 0 aliphatic heterocycles. The molecule has 8 heteroatoms. The molecule has 0 heterocycles. The van der Waals surface area contributed by atoms with Gasteiger partial charge in [0.2, 0.25) is 0 Å². The summed E-state index contributed by atoms with van der Waals surface area (Å²) in [5.41, 5.74) is 4.52. The van der Waals surface area contributed by atoms with E-state index in [2.05, 4.69) is 22.2 Å². The third-order valence-electron chi connectivity index (χ3n) is 5.53. The van der Waals surface area contributed by atoms with Crippen LogP contribution in [0.2, 0.25) is 5.02 Å². The molecule has 0 aromatic heterocycles. The van der Waals surface area contributed by atoms with Crippen molar-refractivity contribution in [2.45, 2.75) is 23.3 Å². The van der Waals surface area contributed by atoms with Gasteiger partial charge in [-0.25, -0.2) is 8.42 Å². The highest BCUT2D eigenvalue weighted by Crippen LogP contribution is 2.26. The van der Waals surface area contributed by atoms with Gasteiger partial charge in [0.25, 0.3) is 15.9 Å². The Bertz CT molecular complexity index is 1440. The van der Waals surface area contributed by atoms with Crippen LogP contribution in [0.4, 0.5) is 11.4 Å². The van der Waals surface area contributed by atoms with Crippen molar-refractivity contribution in [3.8, 4) is 0 Å². The van der Waals surface area contributed by atoms with Crippen LogP contribution in [0, 0.1) is 6.92 Å². The third kappa shape index (κ3) is 6.69. The second kappa shape index (κ2) is 11.6. The van der Waals surface area contributed by atoms with Gasteiger partial charge in [-0.15, -0.1) is 0 Å².